The number of rotatable bonds is 12. The fraction of sp³-hybridized carbons (Fsp3) is 0.419. The first kappa shape index (κ1) is 31.2. The molecule has 0 spiro atoms. The summed E-state index contributed by atoms with van der Waals surface area (Å²) in [5.41, 5.74) is 2.16. The van der Waals surface area contributed by atoms with Gasteiger partial charge in [-0.2, -0.15) is 0 Å². The average molecular weight is 565 g/mol. The Labute approximate surface area is 241 Å². The Kier molecular flexibility index (Phi) is 10.2. The third kappa shape index (κ3) is 7.65. The summed E-state index contributed by atoms with van der Waals surface area (Å²) in [6, 6.07) is 11.4. The zero-order chi connectivity index (χ0) is 30.3. The first-order valence-corrected chi connectivity index (χ1v) is 13.6. The van der Waals surface area contributed by atoms with Gasteiger partial charge in [-0.15, -0.1) is 0 Å². The van der Waals surface area contributed by atoms with Crippen molar-refractivity contribution in [3.63, 3.8) is 0 Å². The highest BCUT2D eigenvalue weighted by molar-refractivity contribution is 6.04. The zero-order valence-electron chi connectivity index (χ0n) is 25.1. The van der Waals surface area contributed by atoms with Gasteiger partial charge < -0.3 is 24.6 Å². The third-order valence-corrected chi connectivity index (χ3v) is 6.93. The van der Waals surface area contributed by atoms with E-state index < -0.39 is 23.4 Å². The fourth-order valence-corrected chi connectivity index (χ4v) is 4.38. The predicted octanol–water partition coefficient (Wildman–Crippen LogP) is 5.42. The largest absolute Gasteiger partial charge is 0.493 e. The summed E-state index contributed by atoms with van der Waals surface area (Å²) in [6.07, 6.45) is 0.374. The van der Waals surface area contributed by atoms with Crippen LogP contribution in [0.15, 0.2) is 47.0 Å². The molecule has 10 heteroatoms. The molecule has 0 bridgehead atoms. The van der Waals surface area contributed by atoms with Crippen LogP contribution in [0.4, 0.5) is 11.5 Å². The minimum Gasteiger partial charge on any atom is -0.493 e. The van der Waals surface area contributed by atoms with Crippen molar-refractivity contribution in [1.82, 2.24) is 10.5 Å². The van der Waals surface area contributed by atoms with E-state index in [1.165, 1.54) is 19.1 Å². The van der Waals surface area contributed by atoms with Gasteiger partial charge in [0.05, 0.1) is 14.2 Å². The number of hydrogen-bond donors (Lipinski definition) is 2. The molecule has 3 rings (SSSR count). The molecule has 0 fully saturated rings. The summed E-state index contributed by atoms with van der Waals surface area (Å²) >= 11 is 0. The van der Waals surface area contributed by atoms with Crippen molar-refractivity contribution in [1.29, 1.82) is 0 Å². The molecule has 0 radical (unpaired) electrons. The van der Waals surface area contributed by atoms with Crippen LogP contribution in [0.3, 0.4) is 0 Å². The Morgan fingerprint density at radius 3 is 2.37 bits per heavy atom. The zero-order valence-corrected chi connectivity index (χ0v) is 25.1. The highest BCUT2D eigenvalue weighted by Gasteiger charge is 2.38. The van der Waals surface area contributed by atoms with Crippen molar-refractivity contribution in [2.75, 3.05) is 24.4 Å². The van der Waals surface area contributed by atoms with Gasteiger partial charge >= 0.3 is 0 Å². The molecule has 1 aromatic heterocycles. The quantitative estimate of drug-likeness (QED) is 0.301. The molecule has 2 aromatic carbocycles. The lowest BCUT2D eigenvalue weighted by atomic mass is 9.96. The number of aromatic nitrogens is 1. The molecule has 41 heavy (non-hydrogen) atoms. The van der Waals surface area contributed by atoms with E-state index in [9.17, 15) is 14.4 Å². The van der Waals surface area contributed by atoms with Gasteiger partial charge in [-0.05, 0) is 64.3 Å². The van der Waals surface area contributed by atoms with Gasteiger partial charge in [0.15, 0.2) is 17.3 Å². The Hall–Kier alpha value is -4.34. The Balaban J connectivity index is 2.12. The molecule has 3 aromatic rings. The van der Waals surface area contributed by atoms with E-state index in [4.69, 9.17) is 14.0 Å². The number of aryl methyl sites for hydroxylation is 3. The number of carbonyl (C=O) groups is 3. The van der Waals surface area contributed by atoms with Gasteiger partial charge in [-0.25, -0.2) is 0 Å². The number of nitrogens with one attached hydrogen (secondary N) is 2. The second kappa shape index (κ2) is 13.3. The van der Waals surface area contributed by atoms with Crippen LogP contribution in [-0.2, 0) is 14.4 Å². The van der Waals surface area contributed by atoms with Gasteiger partial charge in [0.2, 0.25) is 17.7 Å². The first-order valence-electron chi connectivity index (χ1n) is 13.6. The normalized spacial score (nSPS) is 11.9. The SMILES string of the molecule is CCC(C)(C)NC(=O)[C@H](c1cccc(OC)c1OC)N(C(=O)CCC(=O)Nc1cc(C)on1)c1cc(C)ccc1C. The minimum atomic E-state index is -1.12. The average Bonchev–Trinajstić information content (AvgIpc) is 3.34. The number of amides is 3. The summed E-state index contributed by atoms with van der Waals surface area (Å²) < 4.78 is 16.2. The first-order chi connectivity index (χ1) is 19.4. The number of carbonyl (C=O) groups excluding carboxylic acids is 3. The number of para-hydroxylation sites is 1. The maximum Gasteiger partial charge on any atom is 0.248 e. The van der Waals surface area contributed by atoms with E-state index in [2.05, 4.69) is 15.8 Å². The summed E-state index contributed by atoms with van der Waals surface area (Å²) in [4.78, 5) is 42.5. The van der Waals surface area contributed by atoms with E-state index >= 15 is 0 Å². The van der Waals surface area contributed by atoms with Crippen molar-refractivity contribution in [2.45, 2.75) is 72.4 Å². The van der Waals surface area contributed by atoms with E-state index in [0.29, 0.717) is 34.9 Å². The van der Waals surface area contributed by atoms with E-state index in [1.807, 2.05) is 52.8 Å². The van der Waals surface area contributed by atoms with Crippen LogP contribution in [0.2, 0.25) is 0 Å². The van der Waals surface area contributed by atoms with Gasteiger partial charge in [0, 0.05) is 35.7 Å². The molecule has 10 nitrogen and oxygen atoms in total. The van der Waals surface area contributed by atoms with Gasteiger partial charge in [-0.3, -0.25) is 19.3 Å². The van der Waals surface area contributed by atoms with Crippen LogP contribution < -0.4 is 25.0 Å². The van der Waals surface area contributed by atoms with Crippen LogP contribution >= 0.6 is 0 Å². The summed E-state index contributed by atoms with van der Waals surface area (Å²) in [5.74, 6) is 0.379. The van der Waals surface area contributed by atoms with Crippen LogP contribution in [0.1, 0.15) is 68.5 Å². The van der Waals surface area contributed by atoms with Crippen LogP contribution in [0.5, 0.6) is 11.5 Å². The number of ether oxygens (including phenoxy) is 2. The molecular formula is C31H40N4O6. The molecule has 2 N–H and O–H groups in total. The summed E-state index contributed by atoms with van der Waals surface area (Å²) in [7, 11) is 3.01. The predicted molar refractivity (Wildman–Crippen MR) is 157 cm³/mol. The second-order valence-electron chi connectivity index (χ2n) is 10.6. The lowest BCUT2D eigenvalue weighted by Gasteiger charge is -2.36. The van der Waals surface area contributed by atoms with Crippen molar-refractivity contribution >= 4 is 29.2 Å². The maximum absolute atomic E-state index is 14.2. The Morgan fingerprint density at radius 2 is 1.76 bits per heavy atom. The maximum atomic E-state index is 14.2. The molecule has 220 valence electrons. The lowest BCUT2D eigenvalue weighted by molar-refractivity contribution is -0.128. The van der Waals surface area contributed by atoms with E-state index in [-0.39, 0.29) is 24.6 Å². The van der Waals surface area contributed by atoms with E-state index in [1.54, 1.807) is 31.2 Å². The highest BCUT2D eigenvalue weighted by Crippen LogP contribution is 2.40. The molecule has 0 aliphatic rings. The van der Waals surface area contributed by atoms with Crippen molar-refractivity contribution in [3.8, 4) is 11.5 Å². The molecule has 3 amide bonds. The standard InChI is InChI=1S/C31H40N4O6/c1-9-31(5,6)33-30(38)28(22-11-10-12-24(39-7)29(22)40-8)35(23-17-19(2)13-14-20(23)3)27(37)16-15-26(36)32-25-18-21(4)41-34-25/h10-14,17-18,28H,9,15-16H2,1-8H3,(H,33,38)(H,32,34,36)/t28-/m0/s1. The lowest BCUT2D eigenvalue weighted by Crippen LogP contribution is -2.50. The van der Waals surface area contributed by atoms with Crippen molar-refractivity contribution in [3.05, 3.63) is 64.9 Å². The number of methoxy groups -OCH3 is 2. The molecule has 1 atom stereocenters. The Bertz CT molecular complexity index is 1400. The molecule has 0 aliphatic carbocycles. The van der Waals surface area contributed by atoms with Crippen molar-refractivity contribution < 1.29 is 28.4 Å². The van der Waals surface area contributed by atoms with E-state index in [0.717, 1.165) is 11.1 Å². The summed E-state index contributed by atoms with van der Waals surface area (Å²) in [5, 5.41) is 9.52. The topological polar surface area (TPSA) is 123 Å². The van der Waals surface area contributed by atoms with Gasteiger partial charge in [0.1, 0.15) is 11.8 Å². The van der Waals surface area contributed by atoms with Gasteiger partial charge in [0.25, 0.3) is 0 Å². The summed E-state index contributed by atoms with van der Waals surface area (Å²) in [6.45, 7) is 11.3. The number of anilines is 2. The molecule has 0 saturated heterocycles. The molecule has 0 aliphatic heterocycles. The smallest absolute Gasteiger partial charge is 0.248 e. The highest BCUT2D eigenvalue weighted by atomic mass is 16.5. The van der Waals surface area contributed by atoms with Crippen LogP contribution in [0.25, 0.3) is 0 Å². The van der Waals surface area contributed by atoms with Crippen LogP contribution in [-0.4, -0.2) is 42.6 Å². The van der Waals surface area contributed by atoms with Crippen molar-refractivity contribution in [2.24, 2.45) is 0 Å². The second-order valence-corrected chi connectivity index (χ2v) is 10.6. The monoisotopic (exact) mass is 564 g/mol. The molecule has 1 heterocycles. The molecular weight excluding hydrogens is 524 g/mol. The Morgan fingerprint density at radius 1 is 1.02 bits per heavy atom. The third-order valence-electron chi connectivity index (χ3n) is 6.93. The number of hydrogen-bond acceptors (Lipinski definition) is 7. The minimum absolute atomic E-state index is 0.129. The van der Waals surface area contributed by atoms with Gasteiger partial charge in [-0.1, -0.05) is 36.3 Å². The number of nitrogens with zero attached hydrogens (tertiary/aromatic N) is 2. The number of benzene rings is 2. The fourth-order valence-electron chi connectivity index (χ4n) is 4.38. The van der Waals surface area contributed by atoms with Crippen LogP contribution in [0, 0.1) is 20.8 Å². The molecule has 0 unspecified atom stereocenters. The molecule has 0 saturated carbocycles.